The molecule has 1 aliphatic rings. The lowest BCUT2D eigenvalue weighted by atomic mass is 9.97. The zero-order valence-electron chi connectivity index (χ0n) is 12.0. The third kappa shape index (κ3) is 4.27. The Labute approximate surface area is 115 Å². The summed E-state index contributed by atoms with van der Waals surface area (Å²) in [4.78, 5) is 15.1. The standard InChI is InChI=1S/C16H24N2O/c1-12-10-15(13(2)18-12)11-16(19)17-9-8-14-6-4-3-5-7-14/h6,10,18H,3-5,7-9,11H2,1-2H3,(H,17,19). The van der Waals surface area contributed by atoms with E-state index < -0.39 is 0 Å². The highest BCUT2D eigenvalue weighted by Crippen LogP contribution is 2.19. The van der Waals surface area contributed by atoms with E-state index in [1.807, 2.05) is 13.8 Å². The predicted molar refractivity (Wildman–Crippen MR) is 78.1 cm³/mol. The van der Waals surface area contributed by atoms with E-state index in [4.69, 9.17) is 0 Å². The maximum Gasteiger partial charge on any atom is 0.224 e. The van der Waals surface area contributed by atoms with Crippen molar-refractivity contribution in [3.8, 4) is 0 Å². The van der Waals surface area contributed by atoms with E-state index in [1.165, 1.54) is 31.3 Å². The Kier molecular flexibility index (Phi) is 4.83. The van der Waals surface area contributed by atoms with Crippen molar-refractivity contribution in [1.82, 2.24) is 10.3 Å². The summed E-state index contributed by atoms with van der Waals surface area (Å²) in [6.07, 6.45) is 8.89. The molecule has 1 heterocycles. The van der Waals surface area contributed by atoms with Gasteiger partial charge in [0.15, 0.2) is 0 Å². The number of aromatic nitrogens is 1. The average Bonchev–Trinajstić information content (AvgIpc) is 2.69. The minimum atomic E-state index is 0.124. The van der Waals surface area contributed by atoms with Crippen molar-refractivity contribution >= 4 is 5.91 Å². The molecule has 0 atom stereocenters. The molecule has 1 amide bonds. The van der Waals surface area contributed by atoms with Gasteiger partial charge in [-0.1, -0.05) is 11.6 Å². The largest absolute Gasteiger partial charge is 0.362 e. The van der Waals surface area contributed by atoms with E-state index in [9.17, 15) is 4.79 Å². The number of rotatable bonds is 5. The molecule has 0 bridgehead atoms. The van der Waals surface area contributed by atoms with Crippen LogP contribution in [0, 0.1) is 13.8 Å². The molecule has 104 valence electrons. The van der Waals surface area contributed by atoms with Crippen LogP contribution < -0.4 is 5.32 Å². The zero-order chi connectivity index (χ0) is 13.7. The molecule has 0 aliphatic heterocycles. The van der Waals surface area contributed by atoms with Gasteiger partial charge in [0.25, 0.3) is 0 Å². The van der Waals surface area contributed by atoms with Crippen LogP contribution in [0.1, 0.15) is 49.1 Å². The molecule has 0 saturated heterocycles. The fourth-order valence-electron chi connectivity index (χ4n) is 2.69. The molecule has 0 aromatic carbocycles. The minimum Gasteiger partial charge on any atom is -0.362 e. The lowest BCUT2D eigenvalue weighted by Crippen LogP contribution is -2.26. The molecule has 3 nitrogen and oxygen atoms in total. The second-order valence-electron chi connectivity index (χ2n) is 5.49. The summed E-state index contributed by atoms with van der Waals surface area (Å²) in [7, 11) is 0. The monoisotopic (exact) mass is 260 g/mol. The third-order valence-corrected chi connectivity index (χ3v) is 3.76. The summed E-state index contributed by atoms with van der Waals surface area (Å²) in [6.45, 7) is 4.81. The van der Waals surface area contributed by atoms with E-state index in [0.29, 0.717) is 6.42 Å². The number of carbonyl (C=O) groups excluding carboxylic acids is 1. The van der Waals surface area contributed by atoms with Crippen molar-refractivity contribution in [2.75, 3.05) is 6.54 Å². The lowest BCUT2D eigenvalue weighted by molar-refractivity contribution is -0.120. The first kappa shape index (κ1) is 13.9. The number of H-pyrrole nitrogens is 1. The summed E-state index contributed by atoms with van der Waals surface area (Å²) < 4.78 is 0. The van der Waals surface area contributed by atoms with E-state index >= 15 is 0 Å². The summed E-state index contributed by atoms with van der Waals surface area (Å²) in [6, 6.07) is 2.05. The number of hydrogen-bond acceptors (Lipinski definition) is 1. The first-order valence-corrected chi connectivity index (χ1v) is 7.25. The van der Waals surface area contributed by atoms with E-state index in [-0.39, 0.29) is 5.91 Å². The van der Waals surface area contributed by atoms with E-state index in [0.717, 1.165) is 29.9 Å². The topological polar surface area (TPSA) is 44.9 Å². The molecule has 19 heavy (non-hydrogen) atoms. The Bertz CT molecular complexity index is 471. The zero-order valence-corrected chi connectivity index (χ0v) is 12.0. The van der Waals surface area contributed by atoms with Gasteiger partial charge < -0.3 is 10.3 Å². The van der Waals surface area contributed by atoms with Crippen molar-refractivity contribution in [3.63, 3.8) is 0 Å². The van der Waals surface area contributed by atoms with Crippen LogP contribution >= 0.6 is 0 Å². The Morgan fingerprint density at radius 2 is 2.21 bits per heavy atom. The average molecular weight is 260 g/mol. The van der Waals surface area contributed by atoms with Gasteiger partial charge in [-0.2, -0.15) is 0 Å². The summed E-state index contributed by atoms with van der Waals surface area (Å²) in [5, 5.41) is 3.02. The highest BCUT2D eigenvalue weighted by Gasteiger charge is 2.08. The molecule has 0 unspecified atom stereocenters. The highest BCUT2D eigenvalue weighted by atomic mass is 16.1. The molecule has 2 rings (SSSR count). The normalized spacial score (nSPS) is 15.2. The number of aryl methyl sites for hydroxylation is 2. The van der Waals surface area contributed by atoms with Gasteiger partial charge in [0.2, 0.25) is 5.91 Å². The molecule has 1 aromatic heterocycles. The smallest absolute Gasteiger partial charge is 0.224 e. The van der Waals surface area contributed by atoms with E-state index in [1.54, 1.807) is 0 Å². The molecule has 1 aliphatic carbocycles. The molecule has 0 fully saturated rings. The van der Waals surface area contributed by atoms with Crippen LogP contribution in [0.5, 0.6) is 0 Å². The Morgan fingerprint density at radius 1 is 1.37 bits per heavy atom. The quantitative estimate of drug-likeness (QED) is 0.785. The molecule has 0 saturated carbocycles. The Balaban J connectivity index is 1.72. The molecule has 2 N–H and O–H groups in total. The number of carbonyl (C=O) groups is 1. The first-order chi connectivity index (χ1) is 9.15. The maximum atomic E-state index is 11.9. The van der Waals surface area contributed by atoms with Gasteiger partial charge in [0.05, 0.1) is 6.42 Å². The van der Waals surface area contributed by atoms with Crippen molar-refractivity contribution < 1.29 is 4.79 Å². The van der Waals surface area contributed by atoms with Crippen LogP contribution in [0.4, 0.5) is 0 Å². The van der Waals surface area contributed by atoms with Crippen molar-refractivity contribution in [2.24, 2.45) is 0 Å². The van der Waals surface area contributed by atoms with Crippen LogP contribution in [0.3, 0.4) is 0 Å². The van der Waals surface area contributed by atoms with E-state index in [2.05, 4.69) is 22.4 Å². The molecular weight excluding hydrogens is 236 g/mol. The van der Waals surface area contributed by atoms with Crippen LogP contribution in [-0.2, 0) is 11.2 Å². The van der Waals surface area contributed by atoms with Gasteiger partial charge in [-0.15, -0.1) is 0 Å². The molecular formula is C16H24N2O. The van der Waals surface area contributed by atoms with Crippen LogP contribution in [-0.4, -0.2) is 17.4 Å². The van der Waals surface area contributed by atoms with Crippen LogP contribution in [0.15, 0.2) is 17.7 Å². The van der Waals surface area contributed by atoms with Gasteiger partial charge in [-0.05, 0) is 57.6 Å². The molecule has 0 spiro atoms. The fraction of sp³-hybridized carbons (Fsp3) is 0.562. The summed E-state index contributed by atoms with van der Waals surface area (Å²) >= 11 is 0. The fourth-order valence-corrected chi connectivity index (χ4v) is 2.69. The summed E-state index contributed by atoms with van der Waals surface area (Å²) in [5.41, 5.74) is 4.84. The minimum absolute atomic E-state index is 0.124. The highest BCUT2D eigenvalue weighted by molar-refractivity contribution is 5.78. The number of allylic oxidation sites excluding steroid dienone is 1. The van der Waals surface area contributed by atoms with Gasteiger partial charge in [0.1, 0.15) is 0 Å². The Morgan fingerprint density at radius 3 is 2.84 bits per heavy atom. The van der Waals surface area contributed by atoms with Gasteiger partial charge in [-0.3, -0.25) is 4.79 Å². The second kappa shape index (κ2) is 6.60. The SMILES string of the molecule is Cc1cc(CC(=O)NCCC2=CCCCC2)c(C)[nH]1. The third-order valence-electron chi connectivity index (χ3n) is 3.76. The number of hydrogen-bond donors (Lipinski definition) is 2. The molecule has 3 heteroatoms. The maximum absolute atomic E-state index is 11.9. The lowest BCUT2D eigenvalue weighted by Gasteiger charge is -2.12. The number of amides is 1. The molecule has 1 aromatic rings. The van der Waals surface area contributed by atoms with Crippen molar-refractivity contribution in [3.05, 3.63) is 34.7 Å². The Hall–Kier alpha value is -1.51. The summed E-state index contributed by atoms with van der Waals surface area (Å²) in [5.74, 6) is 0.124. The number of nitrogens with one attached hydrogen (secondary N) is 2. The van der Waals surface area contributed by atoms with Crippen molar-refractivity contribution in [1.29, 1.82) is 0 Å². The van der Waals surface area contributed by atoms with Gasteiger partial charge in [0, 0.05) is 17.9 Å². The molecule has 0 radical (unpaired) electrons. The van der Waals surface area contributed by atoms with Gasteiger partial charge in [-0.25, -0.2) is 0 Å². The predicted octanol–water partition coefficient (Wildman–Crippen LogP) is 3.18. The number of aromatic amines is 1. The van der Waals surface area contributed by atoms with Crippen LogP contribution in [0.2, 0.25) is 0 Å². The van der Waals surface area contributed by atoms with Crippen LogP contribution in [0.25, 0.3) is 0 Å². The van der Waals surface area contributed by atoms with Crippen molar-refractivity contribution in [2.45, 2.75) is 52.4 Å². The van der Waals surface area contributed by atoms with Gasteiger partial charge >= 0.3 is 0 Å². The second-order valence-corrected chi connectivity index (χ2v) is 5.49. The first-order valence-electron chi connectivity index (χ1n) is 7.25.